The van der Waals surface area contributed by atoms with Crippen LogP contribution < -0.4 is 29.5 Å². The normalized spacial score (nSPS) is 8.68. The first-order valence-electron chi connectivity index (χ1n) is 7.91. The van der Waals surface area contributed by atoms with Crippen LogP contribution in [0.4, 0.5) is 0 Å². The van der Waals surface area contributed by atoms with Crippen molar-refractivity contribution in [1.29, 1.82) is 0 Å². The van der Waals surface area contributed by atoms with Gasteiger partial charge in [0.25, 0.3) is 0 Å². The zero-order valence-corrected chi connectivity index (χ0v) is 17.1. The summed E-state index contributed by atoms with van der Waals surface area (Å²) in [5, 5.41) is 31.4. The van der Waals surface area contributed by atoms with Gasteiger partial charge in [0.15, 0.2) is 0 Å². The summed E-state index contributed by atoms with van der Waals surface area (Å²) in [5.41, 5.74) is 0. The first-order chi connectivity index (χ1) is 13.0. The summed E-state index contributed by atoms with van der Waals surface area (Å²) in [6.07, 6.45) is 0. The Kier molecular flexibility index (Phi) is 12.6. The summed E-state index contributed by atoms with van der Waals surface area (Å²) in [5.74, 6) is 2.18. The maximum absolute atomic E-state index is 10.5. The van der Waals surface area contributed by atoms with Crippen LogP contribution in [0.3, 0.4) is 0 Å². The number of rotatable bonds is 3. The topological polar surface area (TPSA) is 96.9 Å². The van der Waals surface area contributed by atoms with Crippen molar-refractivity contribution in [3.8, 4) is 34.5 Å². The van der Waals surface area contributed by atoms with Crippen LogP contribution in [0, 0.1) is 0 Å². The number of hydrogen-bond donors (Lipinski definition) is 0. The molecule has 0 amide bonds. The molecular weight excluding hydrogens is 375 g/mol. The molecule has 0 fully saturated rings. The van der Waals surface area contributed by atoms with Gasteiger partial charge in [0.1, 0.15) is 17.2 Å². The minimum Gasteiger partial charge on any atom is -0.872 e. The Morgan fingerprint density at radius 2 is 0.607 bits per heavy atom. The SMILES string of the molecule is COc1ccc([O-])cc1.COc1ccc([O-])cc1.COc1ccc([O-])cc1.[Al+3]. The number of benzene rings is 3. The first kappa shape index (κ1) is 25.0. The molecule has 0 atom stereocenters. The molecule has 0 radical (unpaired) electrons. The van der Waals surface area contributed by atoms with Gasteiger partial charge in [-0.05, 0) is 36.4 Å². The largest absolute Gasteiger partial charge is 3.00 e. The average molecular weight is 396 g/mol. The standard InChI is InChI=1S/3C7H8O2.Al/c3*1-9-7-4-2-6(8)3-5-7;/h3*2-5,8H,1H3;/q;;;+3/p-3. The van der Waals surface area contributed by atoms with Crippen molar-refractivity contribution < 1.29 is 29.5 Å². The van der Waals surface area contributed by atoms with E-state index in [0.29, 0.717) is 0 Å². The van der Waals surface area contributed by atoms with E-state index in [1.54, 1.807) is 57.7 Å². The first-order valence-corrected chi connectivity index (χ1v) is 7.91. The van der Waals surface area contributed by atoms with Crippen molar-refractivity contribution >= 4 is 17.4 Å². The Hall–Kier alpha value is -3.01. The van der Waals surface area contributed by atoms with Gasteiger partial charge in [0.2, 0.25) is 0 Å². The Bertz CT molecular complexity index is 650. The van der Waals surface area contributed by atoms with Gasteiger partial charge in [-0.3, -0.25) is 0 Å². The fraction of sp³-hybridized carbons (Fsp3) is 0.143. The summed E-state index contributed by atoms with van der Waals surface area (Å²) in [6, 6.07) is 18.7. The van der Waals surface area contributed by atoms with E-state index in [4.69, 9.17) is 14.2 Å². The zero-order valence-electron chi connectivity index (χ0n) is 16.0. The van der Waals surface area contributed by atoms with Crippen molar-refractivity contribution in [1.82, 2.24) is 0 Å². The molecular formula is C21H21AlO6. The molecule has 0 heterocycles. The third-order valence-corrected chi connectivity index (χ3v) is 3.18. The molecule has 0 aliphatic rings. The second kappa shape index (κ2) is 14.1. The molecule has 144 valence electrons. The van der Waals surface area contributed by atoms with Crippen molar-refractivity contribution in [2.24, 2.45) is 0 Å². The molecule has 0 saturated carbocycles. The minimum absolute atomic E-state index is 0. The van der Waals surface area contributed by atoms with Gasteiger partial charge in [0.05, 0.1) is 21.3 Å². The summed E-state index contributed by atoms with van der Waals surface area (Å²) < 4.78 is 14.5. The maximum Gasteiger partial charge on any atom is 3.00 e. The van der Waals surface area contributed by atoms with Gasteiger partial charge in [0, 0.05) is 0 Å². The van der Waals surface area contributed by atoms with Crippen LogP contribution in [-0.2, 0) is 0 Å². The monoisotopic (exact) mass is 396 g/mol. The van der Waals surface area contributed by atoms with Crippen LogP contribution in [0.25, 0.3) is 0 Å². The Labute approximate surface area is 175 Å². The molecule has 7 heteroatoms. The Morgan fingerprint density at radius 3 is 0.750 bits per heavy atom. The van der Waals surface area contributed by atoms with Crippen LogP contribution in [0.5, 0.6) is 34.5 Å². The van der Waals surface area contributed by atoms with E-state index < -0.39 is 0 Å². The van der Waals surface area contributed by atoms with Crippen molar-refractivity contribution in [2.75, 3.05) is 21.3 Å². The van der Waals surface area contributed by atoms with E-state index in [0.717, 1.165) is 17.2 Å². The smallest absolute Gasteiger partial charge is 0.872 e. The molecule has 0 saturated heterocycles. The summed E-state index contributed by atoms with van der Waals surface area (Å²) in [7, 11) is 4.71. The van der Waals surface area contributed by atoms with Crippen molar-refractivity contribution in [3.63, 3.8) is 0 Å². The molecule has 3 rings (SSSR count). The third kappa shape index (κ3) is 10.2. The molecule has 0 bridgehead atoms. The van der Waals surface area contributed by atoms with Crippen molar-refractivity contribution in [2.45, 2.75) is 0 Å². The molecule has 6 nitrogen and oxygen atoms in total. The van der Waals surface area contributed by atoms with E-state index in [-0.39, 0.29) is 34.6 Å². The molecule has 0 aromatic heterocycles. The van der Waals surface area contributed by atoms with Crippen LogP contribution in [-0.4, -0.2) is 38.7 Å². The van der Waals surface area contributed by atoms with Gasteiger partial charge in [-0.15, -0.1) is 17.2 Å². The number of ether oxygens (including phenoxy) is 3. The molecule has 0 unspecified atom stereocenters. The number of methoxy groups -OCH3 is 3. The molecule has 0 aliphatic carbocycles. The van der Waals surface area contributed by atoms with E-state index >= 15 is 0 Å². The van der Waals surface area contributed by atoms with Gasteiger partial charge < -0.3 is 29.5 Å². The summed E-state index contributed by atoms with van der Waals surface area (Å²) in [6.45, 7) is 0. The molecule has 28 heavy (non-hydrogen) atoms. The summed E-state index contributed by atoms with van der Waals surface area (Å²) in [4.78, 5) is 0. The number of hydrogen-bond acceptors (Lipinski definition) is 6. The average Bonchev–Trinajstić information content (AvgIpc) is 2.71. The molecule has 0 aliphatic heterocycles. The Morgan fingerprint density at radius 1 is 0.429 bits per heavy atom. The second-order valence-corrected chi connectivity index (χ2v) is 5.03. The van der Waals surface area contributed by atoms with Gasteiger partial charge >= 0.3 is 17.4 Å². The van der Waals surface area contributed by atoms with Crippen LogP contribution in [0.15, 0.2) is 72.8 Å². The van der Waals surface area contributed by atoms with Gasteiger partial charge in [-0.1, -0.05) is 36.4 Å². The predicted molar refractivity (Wildman–Crippen MR) is 103 cm³/mol. The van der Waals surface area contributed by atoms with Crippen LogP contribution in [0.1, 0.15) is 0 Å². The van der Waals surface area contributed by atoms with Crippen LogP contribution >= 0.6 is 0 Å². The van der Waals surface area contributed by atoms with Gasteiger partial charge in [-0.2, -0.15) is 0 Å². The van der Waals surface area contributed by atoms with E-state index in [2.05, 4.69) is 0 Å². The molecule has 0 spiro atoms. The van der Waals surface area contributed by atoms with E-state index in [1.165, 1.54) is 36.4 Å². The fourth-order valence-electron chi connectivity index (χ4n) is 1.73. The Balaban J connectivity index is 0.000000384. The third-order valence-electron chi connectivity index (χ3n) is 3.18. The molecule has 0 N–H and O–H groups in total. The van der Waals surface area contributed by atoms with E-state index in [1.807, 2.05) is 0 Å². The fourth-order valence-corrected chi connectivity index (χ4v) is 1.73. The quantitative estimate of drug-likeness (QED) is 0.628. The minimum atomic E-state index is 0. The van der Waals surface area contributed by atoms with Crippen molar-refractivity contribution in [3.05, 3.63) is 72.8 Å². The summed E-state index contributed by atoms with van der Waals surface area (Å²) >= 11 is 0. The molecule has 3 aromatic rings. The van der Waals surface area contributed by atoms with E-state index in [9.17, 15) is 15.3 Å². The van der Waals surface area contributed by atoms with Crippen LogP contribution in [0.2, 0.25) is 0 Å². The zero-order chi connectivity index (χ0) is 20.1. The maximum atomic E-state index is 10.5. The van der Waals surface area contributed by atoms with Gasteiger partial charge in [-0.25, -0.2) is 0 Å². The molecule has 3 aromatic carbocycles. The second-order valence-electron chi connectivity index (χ2n) is 5.03. The predicted octanol–water partition coefficient (Wildman–Crippen LogP) is 1.93.